The van der Waals surface area contributed by atoms with Crippen molar-refractivity contribution in [3.63, 3.8) is 0 Å². The molecular formula is C20H25N5O3. The number of nitrogens with zero attached hydrogens (tertiary/aromatic N) is 4. The lowest BCUT2D eigenvalue weighted by atomic mass is 10.0. The first-order valence-electron chi connectivity index (χ1n) is 9.55. The number of likely N-dealkylation sites (tertiary alicyclic amines) is 1. The van der Waals surface area contributed by atoms with Crippen LogP contribution in [0.1, 0.15) is 23.2 Å². The first kappa shape index (κ1) is 18.3. The maximum Gasteiger partial charge on any atom is 0.257 e. The Kier molecular flexibility index (Phi) is 5.18. The summed E-state index contributed by atoms with van der Waals surface area (Å²) >= 11 is 0. The van der Waals surface area contributed by atoms with Crippen LogP contribution in [-0.4, -0.2) is 67.2 Å². The number of para-hydroxylation sites is 1. The number of benzene rings is 1. The number of nitrogens with one attached hydrogen (secondary N) is 1. The number of aromatic nitrogens is 2. The van der Waals surface area contributed by atoms with Crippen molar-refractivity contribution in [1.82, 2.24) is 14.9 Å². The van der Waals surface area contributed by atoms with Crippen LogP contribution >= 0.6 is 0 Å². The SMILES string of the molecule is CN(C)c1cc(NC2CCN(C(=O)c3cccc4c3OCCO4)CC2)ncn1. The fourth-order valence-corrected chi connectivity index (χ4v) is 3.52. The number of fused-ring (bicyclic) bond motifs is 1. The topological polar surface area (TPSA) is 79.8 Å². The van der Waals surface area contributed by atoms with Crippen LogP contribution in [0.3, 0.4) is 0 Å². The number of hydrogen-bond donors (Lipinski definition) is 1. The second kappa shape index (κ2) is 7.92. The van der Waals surface area contributed by atoms with Gasteiger partial charge in [0, 0.05) is 39.3 Å². The zero-order chi connectivity index (χ0) is 19.5. The quantitative estimate of drug-likeness (QED) is 0.865. The van der Waals surface area contributed by atoms with E-state index in [0.717, 1.165) is 24.5 Å². The Morgan fingerprint density at radius 1 is 1.18 bits per heavy atom. The van der Waals surface area contributed by atoms with Crippen LogP contribution in [0, 0.1) is 0 Å². The molecule has 2 aliphatic rings. The third kappa shape index (κ3) is 3.81. The smallest absolute Gasteiger partial charge is 0.257 e. The minimum Gasteiger partial charge on any atom is -0.486 e. The zero-order valence-electron chi connectivity index (χ0n) is 16.2. The van der Waals surface area contributed by atoms with Crippen molar-refractivity contribution in [3.05, 3.63) is 36.2 Å². The first-order valence-corrected chi connectivity index (χ1v) is 9.55. The lowest BCUT2D eigenvalue weighted by Crippen LogP contribution is -2.42. The molecule has 1 amide bonds. The molecule has 0 radical (unpaired) electrons. The summed E-state index contributed by atoms with van der Waals surface area (Å²) in [7, 11) is 3.90. The second-order valence-electron chi connectivity index (χ2n) is 7.20. The van der Waals surface area contributed by atoms with Gasteiger partial charge in [0.1, 0.15) is 31.2 Å². The Hall–Kier alpha value is -3.03. The highest BCUT2D eigenvalue weighted by Gasteiger charge is 2.28. The van der Waals surface area contributed by atoms with Gasteiger partial charge < -0.3 is 24.6 Å². The van der Waals surface area contributed by atoms with Crippen LogP contribution in [0.25, 0.3) is 0 Å². The Balaban J connectivity index is 1.38. The molecule has 2 aromatic rings. The average molecular weight is 383 g/mol. The summed E-state index contributed by atoms with van der Waals surface area (Å²) in [5, 5.41) is 3.46. The second-order valence-corrected chi connectivity index (χ2v) is 7.20. The molecule has 28 heavy (non-hydrogen) atoms. The highest BCUT2D eigenvalue weighted by Crippen LogP contribution is 2.34. The Morgan fingerprint density at radius 2 is 1.96 bits per heavy atom. The number of hydrogen-bond acceptors (Lipinski definition) is 7. The minimum absolute atomic E-state index is 0.00210. The van der Waals surface area contributed by atoms with E-state index >= 15 is 0 Å². The number of piperidine rings is 1. The van der Waals surface area contributed by atoms with E-state index < -0.39 is 0 Å². The summed E-state index contributed by atoms with van der Waals surface area (Å²) < 4.78 is 11.3. The van der Waals surface area contributed by atoms with E-state index in [-0.39, 0.29) is 11.9 Å². The third-order valence-corrected chi connectivity index (χ3v) is 5.04. The number of anilines is 2. The van der Waals surface area contributed by atoms with Gasteiger partial charge in [0.05, 0.1) is 5.56 Å². The maximum absolute atomic E-state index is 13.0. The van der Waals surface area contributed by atoms with E-state index in [0.29, 0.717) is 43.4 Å². The molecule has 0 atom stereocenters. The van der Waals surface area contributed by atoms with Crippen molar-refractivity contribution in [2.75, 3.05) is 50.6 Å². The van der Waals surface area contributed by atoms with E-state index in [1.165, 1.54) is 0 Å². The fraction of sp³-hybridized carbons (Fsp3) is 0.450. The lowest BCUT2D eigenvalue weighted by molar-refractivity contribution is 0.0708. The van der Waals surface area contributed by atoms with Gasteiger partial charge in [0.15, 0.2) is 11.5 Å². The molecule has 0 saturated carbocycles. The molecule has 1 saturated heterocycles. The molecule has 2 aliphatic heterocycles. The Morgan fingerprint density at radius 3 is 2.75 bits per heavy atom. The van der Waals surface area contributed by atoms with Gasteiger partial charge in [-0.1, -0.05) is 6.07 Å². The molecule has 3 heterocycles. The Labute approximate surface area is 164 Å². The molecule has 0 spiro atoms. The minimum atomic E-state index is -0.00210. The predicted octanol–water partition coefficient (Wildman–Crippen LogP) is 2.03. The molecule has 1 aromatic carbocycles. The number of carbonyl (C=O) groups excluding carboxylic acids is 1. The molecule has 148 valence electrons. The monoisotopic (exact) mass is 383 g/mol. The molecule has 8 heteroatoms. The Bertz CT molecular complexity index is 849. The molecule has 1 aromatic heterocycles. The van der Waals surface area contributed by atoms with E-state index in [1.807, 2.05) is 48.2 Å². The summed E-state index contributed by atoms with van der Waals surface area (Å²) in [6.07, 6.45) is 3.29. The molecule has 0 unspecified atom stereocenters. The average Bonchev–Trinajstić information content (AvgIpc) is 2.73. The highest BCUT2D eigenvalue weighted by atomic mass is 16.6. The van der Waals surface area contributed by atoms with Crippen molar-refractivity contribution < 1.29 is 14.3 Å². The van der Waals surface area contributed by atoms with Crippen molar-refractivity contribution in [2.24, 2.45) is 0 Å². The summed E-state index contributed by atoms with van der Waals surface area (Å²) in [6.45, 7) is 2.36. The molecule has 0 aliphatic carbocycles. The number of amides is 1. The van der Waals surface area contributed by atoms with Gasteiger partial charge in [-0.2, -0.15) is 0 Å². The van der Waals surface area contributed by atoms with Crippen molar-refractivity contribution in [3.8, 4) is 11.5 Å². The molecule has 4 rings (SSSR count). The van der Waals surface area contributed by atoms with E-state index in [2.05, 4.69) is 15.3 Å². The molecule has 1 fully saturated rings. The highest BCUT2D eigenvalue weighted by molar-refractivity contribution is 5.98. The van der Waals surface area contributed by atoms with Gasteiger partial charge >= 0.3 is 0 Å². The summed E-state index contributed by atoms with van der Waals surface area (Å²) in [6, 6.07) is 7.70. The summed E-state index contributed by atoms with van der Waals surface area (Å²) in [5.74, 6) is 2.88. The van der Waals surface area contributed by atoms with Gasteiger partial charge in [-0.15, -0.1) is 0 Å². The number of carbonyl (C=O) groups is 1. The van der Waals surface area contributed by atoms with Crippen LogP contribution in [0.2, 0.25) is 0 Å². The van der Waals surface area contributed by atoms with Gasteiger partial charge in [-0.25, -0.2) is 9.97 Å². The molecule has 8 nitrogen and oxygen atoms in total. The predicted molar refractivity (Wildman–Crippen MR) is 106 cm³/mol. The van der Waals surface area contributed by atoms with E-state index in [4.69, 9.17) is 9.47 Å². The van der Waals surface area contributed by atoms with Crippen LogP contribution in [-0.2, 0) is 0 Å². The summed E-state index contributed by atoms with van der Waals surface area (Å²) in [5.41, 5.74) is 0.579. The van der Waals surface area contributed by atoms with E-state index in [1.54, 1.807) is 6.33 Å². The summed E-state index contributed by atoms with van der Waals surface area (Å²) in [4.78, 5) is 25.4. The third-order valence-electron chi connectivity index (χ3n) is 5.04. The van der Waals surface area contributed by atoms with Gasteiger partial charge in [-0.05, 0) is 25.0 Å². The first-order chi connectivity index (χ1) is 13.6. The van der Waals surface area contributed by atoms with Crippen LogP contribution < -0.4 is 19.7 Å². The standard InChI is InChI=1S/C20H25N5O3/c1-24(2)18-12-17(21-13-22-18)23-14-6-8-25(9-7-14)20(26)15-4-3-5-16-19(15)28-11-10-27-16/h3-5,12-14H,6-11H2,1-2H3,(H,21,22,23). The fourth-order valence-electron chi connectivity index (χ4n) is 3.52. The molecule has 1 N–H and O–H groups in total. The van der Waals surface area contributed by atoms with Crippen LogP contribution in [0.5, 0.6) is 11.5 Å². The van der Waals surface area contributed by atoms with Gasteiger partial charge in [0.2, 0.25) is 0 Å². The van der Waals surface area contributed by atoms with Crippen molar-refractivity contribution >= 4 is 17.5 Å². The largest absolute Gasteiger partial charge is 0.486 e. The lowest BCUT2D eigenvalue weighted by Gasteiger charge is -2.33. The molecule has 0 bridgehead atoms. The van der Waals surface area contributed by atoms with Crippen molar-refractivity contribution in [1.29, 1.82) is 0 Å². The van der Waals surface area contributed by atoms with E-state index in [9.17, 15) is 4.79 Å². The van der Waals surface area contributed by atoms with Crippen LogP contribution in [0.15, 0.2) is 30.6 Å². The number of ether oxygens (including phenoxy) is 2. The van der Waals surface area contributed by atoms with Gasteiger partial charge in [-0.3, -0.25) is 4.79 Å². The number of rotatable bonds is 4. The van der Waals surface area contributed by atoms with Crippen LogP contribution in [0.4, 0.5) is 11.6 Å². The normalized spacial score (nSPS) is 16.6. The maximum atomic E-state index is 13.0. The zero-order valence-corrected chi connectivity index (χ0v) is 16.2. The molecular weight excluding hydrogens is 358 g/mol. The van der Waals surface area contributed by atoms with Crippen molar-refractivity contribution in [2.45, 2.75) is 18.9 Å². The van der Waals surface area contributed by atoms with Gasteiger partial charge in [0.25, 0.3) is 5.91 Å².